The molecule has 0 spiro atoms. The minimum atomic E-state index is -3.09. The van der Waals surface area contributed by atoms with Gasteiger partial charge in [0.1, 0.15) is 0 Å². The van der Waals surface area contributed by atoms with Gasteiger partial charge in [-0.1, -0.05) is 0 Å². The highest BCUT2D eigenvalue weighted by atomic mass is 31.2. The Morgan fingerprint density at radius 2 is 1.94 bits per heavy atom. The Labute approximate surface area is 96.9 Å². The summed E-state index contributed by atoms with van der Waals surface area (Å²) in [6.07, 6.45) is 2.70. The van der Waals surface area contributed by atoms with E-state index in [1.165, 1.54) is 0 Å². The molecule has 1 heterocycles. The summed E-state index contributed by atoms with van der Waals surface area (Å²) >= 11 is 0. The minimum Gasteiger partial charge on any atom is -0.353 e. The van der Waals surface area contributed by atoms with E-state index in [2.05, 4.69) is 0 Å². The zero-order chi connectivity index (χ0) is 11.9. The monoisotopic (exact) mass is 252 g/mol. The van der Waals surface area contributed by atoms with E-state index < -0.39 is 7.60 Å². The predicted octanol–water partition coefficient (Wildman–Crippen LogP) is 2.75. The van der Waals surface area contributed by atoms with Gasteiger partial charge >= 0.3 is 7.60 Å². The summed E-state index contributed by atoms with van der Waals surface area (Å²) in [5.74, 6) is 0. The maximum atomic E-state index is 12.0. The third-order valence-electron chi connectivity index (χ3n) is 2.21. The molecule has 0 saturated carbocycles. The van der Waals surface area contributed by atoms with Gasteiger partial charge in [-0.2, -0.15) is 0 Å². The van der Waals surface area contributed by atoms with Crippen molar-refractivity contribution in [1.82, 2.24) is 0 Å². The smallest absolute Gasteiger partial charge is 0.353 e. The zero-order valence-corrected chi connectivity index (χ0v) is 10.9. The van der Waals surface area contributed by atoms with E-state index in [1.54, 1.807) is 13.8 Å². The molecule has 0 amide bonds. The normalized spacial score (nSPS) is 22.2. The maximum Gasteiger partial charge on any atom is 0.356 e. The van der Waals surface area contributed by atoms with E-state index in [9.17, 15) is 4.57 Å². The van der Waals surface area contributed by atoms with E-state index >= 15 is 0 Å². The molecule has 0 aromatic rings. The molecule has 0 unspecified atom stereocenters. The summed E-state index contributed by atoms with van der Waals surface area (Å²) in [7, 11) is -3.09. The second kappa shape index (κ2) is 7.41. The fourth-order valence-electron chi connectivity index (χ4n) is 1.52. The lowest BCUT2D eigenvalue weighted by molar-refractivity contribution is -0.153. The number of ether oxygens (including phenoxy) is 2. The molecule has 1 aliphatic rings. The molecule has 6 heteroatoms. The average Bonchev–Trinajstić information content (AvgIpc) is 2.29. The molecule has 0 bridgehead atoms. The van der Waals surface area contributed by atoms with Crippen LogP contribution in [-0.2, 0) is 23.1 Å². The van der Waals surface area contributed by atoms with Crippen LogP contribution < -0.4 is 0 Å². The third-order valence-corrected chi connectivity index (χ3v) is 3.98. The molecule has 0 aromatic heterocycles. The van der Waals surface area contributed by atoms with Crippen LogP contribution >= 0.6 is 7.60 Å². The summed E-state index contributed by atoms with van der Waals surface area (Å²) < 4.78 is 33.1. The van der Waals surface area contributed by atoms with Crippen LogP contribution in [-0.4, -0.2) is 32.5 Å². The van der Waals surface area contributed by atoms with Crippen molar-refractivity contribution < 1.29 is 23.1 Å². The van der Waals surface area contributed by atoms with E-state index in [0.29, 0.717) is 19.8 Å². The van der Waals surface area contributed by atoms with Gasteiger partial charge in [-0.15, -0.1) is 0 Å². The van der Waals surface area contributed by atoms with E-state index in [4.69, 9.17) is 18.5 Å². The van der Waals surface area contributed by atoms with Crippen molar-refractivity contribution in [2.45, 2.75) is 39.4 Å². The molecule has 1 saturated heterocycles. The highest BCUT2D eigenvalue weighted by Crippen LogP contribution is 2.48. The molecule has 0 N–H and O–H groups in total. The van der Waals surface area contributed by atoms with Crippen LogP contribution in [0.5, 0.6) is 0 Å². The zero-order valence-electron chi connectivity index (χ0n) is 10.0. The molecule has 0 aliphatic carbocycles. The van der Waals surface area contributed by atoms with Gasteiger partial charge < -0.3 is 18.5 Å². The second-order valence-electron chi connectivity index (χ2n) is 3.54. The fraction of sp³-hybridized carbons (Fsp3) is 1.00. The molecule has 1 atom stereocenters. The SMILES string of the molecule is CCOP(=O)(CO[C@@H]1CCCCO1)OCC. The van der Waals surface area contributed by atoms with E-state index in [0.717, 1.165) is 19.3 Å². The highest BCUT2D eigenvalue weighted by Gasteiger charge is 2.26. The molecule has 5 nitrogen and oxygen atoms in total. The van der Waals surface area contributed by atoms with Crippen molar-refractivity contribution in [3.05, 3.63) is 0 Å². The highest BCUT2D eigenvalue weighted by molar-refractivity contribution is 7.53. The minimum absolute atomic E-state index is 0.0284. The van der Waals surface area contributed by atoms with Crippen molar-refractivity contribution in [3.8, 4) is 0 Å². The standard InChI is InChI=1S/C10H21O5P/c1-3-14-16(11,15-4-2)9-13-10-7-5-6-8-12-10/h10H,3-9H2,1-2H3/t10-/m1/s1. The summed E-state index contributed by atoms with van der Waals surface area (Å²) in [5.41, 5.74) is 0. The van der Waals surface area contributed by atoms with Crippen LogP contribution in [0.2, 0.25) is 0 Å². The molecule has 16 heavy (non-hydrogen) atoms. The van der Waals surface area contributed by atoms with Crippen LogP contribution in [0.3, 0.4) is 0 Å². The first-order valence-electron chi connectivity index (χ1n) is 5.81. The van der Waals surface area contributed by atoms with Crippen molar-refractivity contribution >= 4 is 7.60 Å². The Kier molecular flexibility index (Phi) is 6.54. The van der Waals surface area contributed by atoms with Crippen molar-refractivity contribution in [2.24, 2.45) is 0 Å². The largest absolute Gasteiger partial charge is 0.356 e. The molecular formula is C10H21O5P. The first-order chi connectivity index (χ1) is 7.70. The quantitative estimate of drug-likeness (QED) is 0.652. The second-order valence-corrected chi connectivity index (χ2v) is 5.53. The van der Waals surface area contributed by atoms with Crippen LogP contribution in [0.1, 0.15) is 33.1 Å². The van der Waals surface area contributed by atoms with Gasteiger partial charge in [0, 0.05) is 6.61 Å². The molecule has 1 aliphatic heterocycles. The number of hydrogen-bond donors (Lipinski definition) is 0. The molecule has 96 valence electrons. The topological polar surface area (TPSA) is 54.0 Å². The molecule has 0 radical (unpaired) electrons. The van der Waals surface area contributed by atoms with Gasteiger partial charge in [-0.05, 0) is 33.1 Å². The Balaban J connectivity index is 2.33. The Hall–Kier alpha value is 0.0700. The van der Waals surface area contributed by atoms with E-state index in [1.807, 2.05) is 0 Å². The van der Waals surface area contributed by atoms with Crippen molar-refractivity contribution in [2.75, 3.05) is 26.2 Å². The van der Waals surface area contributed by atoms with Crippen molar-refractivity contribution in [3.63, 3.8) is 0 Å². The molecule has 1 rings (SSSR count). The van der Waals surface area contributed by atoms with Gasteiger partial charge in [0.25, 0.3) is 0 Å². The maximum absolute atomic E-state index is 12.0. The lowest BCUT2D eigenvalue weighted by atomic mass is 10.2. The van der Waals surface area contributed by atoms with Gasteiger partial charge in [-0.25, -0.2) is 0 Å². The Bertz CT molecular complexity index is 217. The third kappa shape index (κ3) is 4.93. The first kappa shape index (κ1) is 14.1. The van der Waals surface area contributed by atoms with Crippen molar-refractivity contribution in [1.29, 1.82) is 0 Å². The predicted molar refractivity (Wildman–Crippen MR) is 60.4 cm³/mol. The molecule has 0 aromatic carbocycles. The summed E-state index contributed by atoms with van der Waals surface area (Å²) in [6.45, 7) is 4.97. The summed E-state index contributed by atoms with van der Waals surface area (Å²) in [6, 6.07) is 0. The number of hydrogen-bond acceptors (Lipinski definition) is 5. The molecule has 1 fully saturated rings. The van der Waals surface area contributed by atoms with Crippen LogP contribution in [0, 0.1) is 0 Å². The lowest BCUT2D eigenvalue weighted by Gasteiger charge is -2.24. The van der Waals surface area contributed by atoms with E-state index in [-0.39, 0.29) is 12.6 Å². The molecular weight excluding hydrogens is 231 g/mol. The Morgan fingerprint density at radius 1 is 1.25 bits per heavy atom. The van der Waals surface area contributed by atoms with Gasteiger partial charge in [0.05, 0.1) is 13.2 Å². The van der Waals surface area contributed by atoms with Gasteiger partial charge in [0.15, 0.2) is 12.6 Å². The fourth-order valence-corrected chi connectivity index (χ4v) is 2.88. The van der Waals surface area contributed by atoms with Crippen LogP contribution in [0.25, 0.3) is 0 Å². The average molecular weight is 252 g/mol. The van der Waals surface area contributed by atoms with Crippen LogP contribution in [0.4, 0.5) is 0 Å². The van der Waals surface area contributed by atoms with Gasteiger partial charge in [0.2, 0.25) is 0 Å². The van der Waals surface area contributed by atoms with Crippen LogP contribution in [0.15, 0.2) is 0 Å². The lowest BCUT2D eigenvalue weighted by Crippen LogP contribution is -2.23. The summed E-state index contributed by atoms with van der Waals surface area (Å²) in [4.78, 5) is 0. The number of rotatable bonds is 7. The van der Waals surface area contributed by atoms with Gasteiger partial charge in [-0.3, -0.25) is 4.57 Å². The summed E-state index contributed by atoms with van der Waals surface area (Å²) in [5, 5.41) is 0. The first-order valence-corrected chi connectivity index (χ1v) is 7.54. The Morgan fingerprint density at radius 3 is 2.44 bits per heavy atom.